The Morgan fingerprint density at radius 3 is 2.56 bits per heavy atom. The van der Waals surface area contributed by atoms with Gasteiger partial charge >= 0.3 is 0 Å². The van der Waals surface area contributed by atoms with E-state index in [1.165, 1.54) is 23.8 Å². The molecule has 1 N–H and O–H groups in total. The predicted molar refractivity (Wildman–Crippen MR) is 121 cm³/mol. The smallest absolute Gasteiger partial charge is 0.272 e. The van der Waals surface area contributed by atoms with E-state index in [2.05, 4.69) is 19.2 Å². The van der Waals surface area contributed by atoms with Gasteiger partial charge < -0.3 is 15.0 Å². The molecule has 0 aromatic heterocycles. The number of nitro benzene ring substituents is 1. The molecule has 0 bridgehead atoms. The van der Waals surface area contributed by atoms with Crippen LogP contribution in [0, 0.1) is 17.0 Å². The number of likely N-dealkylation sites (tertiary alicyclic amines) is 1. The Hall–Kier alpha value is -3.42. The maximum atomic E-state index is 12.9. The first kappa shape index (κ1) is 23.2. The highest BCUT2D eigenvalue weighted by Crippen LogP contribution is 2.24. The number of carbonyl (C=O) groups excluding carboxylic acids is 2. The molecule has 1 heterocycles. The molecule has 1 unspecified atom stereocenters. The van der Waals surface area contributed by atoms with Crippen molar-refractivity contribution in [3.63, 3.8) is 0 Å². The van der Waals surface area contributed by atoms with E-state index < -0.39 is 11.0 Å². The fourth-order valence-electron chi connectivity index (χ4n) is 3.85. The highest BCUT2D eigenvalue weighted by atomic mass is 16.6. The highest BCUT2D eigenvalue weighted by molar-refractivity contribution is 5.98. The fraction of sp³-hybridized carbons (Fsp3) is 0.417. The second kappa shape index (κ2) is 10.3. The monoisotopic (exact) mass is 439 g/mol. The van der Waals surface area contributed by atoms with E-state index in [1.807, 2.05) is 24.3 Å². The molecule has 1 aliphatic rings. The Labute approximate surface area is 187 Å². The molecule has 1 atom stereocenters. The van der Waals surface area contributed by atoms with Gasteiger partial charge in [-0.15, -0.1) is 0 Å². The molecule has 2 aromatic carbocycles. The Morgan fingerprint density at radius 2 is 1.94 bits per heavy atom. The third-order valence-corrected chi connectivity index (χ3v) is 5.67. The Balaban J connectivity index is 1.53. The fourth-order valence-corrected chi connectivity index (χ4v) is 3.85. The van der Waals surface area contributed by atoms with Crippen molar-refractivity contribution in [2.45, 2.75) is 45.6 Å². The third kappa shape index (κ3) is 5.43. The lowest BCUT2D eigenvalue weighted by molar-refractivity contribution is -0.385. The van der Waals surface area contributed by atoms with Crippen molar-refractivity contribution < 1.29 is 19.2 Å². The van der Waals surface area contributed by atoms with Gasteiger partial charge in [0.05, 0.1) is 11.5 Å². The zero-order valence-electron chi connectivity index (χ0n) is 18.7. The van der Waals surface area contributed by atoms with E-state index >= 15 is 0 Å². The maximum absolute atomic E-state index is 12.9. The number of carbonyl (C=O) groups is 2. The van der Waals surface area contributed by atoms with Gasteiger partial charge in [-0.1, -0.05) is 26.0 Å². The molecule has 2 aromatic rings. The van der Waals surface area contributed by atoms with Crippen LogP contribution in [0.3, 0.4) is 0 Å². The molecule has 1 saturated heterocycles. The van der Waals surface area contributed by atoms with Crippen LogP contribution >= 0.6 is 0 Å². The quantitative estimate of drug-likeness (QED) is 0.383. The van der Waals surface area contributed by atoms with Crippen molar-refractivity contribution >= 4 is 17.5 Å². The lowest BCUT2D eigenvalue weighted by Crippen LogP contribution is -2.46. The van der Waals surface area contributed by atoms with E-state index in [-0.39, 0.29) is 17.5 Å². The van der Waals surface area contributed by atoms with Crippen LogP contribution in [-0.4, -0.2) is 47.4 Å². The largest absolute Gasteiger partial charge is 0.492 e. The van der Waals surface area contributed by atoms with Gasteiger partial charge in [-0.25, -0.2) is 0 Å². The number of nitro groups is 1. The topological polar surface area (TPSA) is 102 Å². The van der Waals surface area contributed by atoms with Gasteiger partial charge in [0.15, 0.2) is 0 Å². The van der Waals surface area contributed by atoms with Crippen molar-refractivity contribution in [3.8, 4) is 5.75 Å². The Kier molecular flexibility index (Phi) is 7.45. The van der Waals surface area contributed by atoms with E-state index in [9.17, 15) is 19.7 Å². The van der Waals surface area contributed by atoms with Crippen LogP contribution in [0.2, 0.25) is 0 Å². The summed E-state index contributed by atoms with van der Waals surface area (Å²) in [4.78, 5) is 37.7. The molecule has 2 amide bonds. The van der Waals surface area contributed by atoms with Crippen molar-refractivity contribution in [2.24, 2.45) is 0 Å². The second-order valence-corrected chi connectivity index (χ2v) is 8.28. The summed E-state index contributed by atoms with van der Waals surface area (Å²) >= 11 is 0. The van der Waals surface area contributed by atoms with Gasteiger partial charge in [-0.3, -0.25) is 19.7 Å². The standard InChI is InChI=1S/C24H29N3O5/c1-16(2)18-6-9-20(10-7-18)32-14-12-25-23(28)22-5-4-13-26(22)24(29)19-8-11-21(27(30)31)17(3)15-19/h6-11,15-16,22H,4-5,12-14H2,1-3H3,(H,25,28). The summed E-state index contributed by atoms with van der Waals surface area (Å²) < 4.78 is 5.69. The number of rotatable bonds is 8. The number of aryl methyl sites for hydroxylation is 1. The van der Waals surface area contributed by atoms with Gasteiger partial charge in [0.2, 0.25) is 5.91 Å². The van der Waals surface area contributed by atoms with Gasteiger partial charge in [0, 0.05) is 23.7 Å². The Morgan fingerprint density at radius 1 is 1.22 bits per heavy atom. The number of hydrogen-bond acceptors (Lipinski definition) is 5. The van der Waals surface area contributed by atoms with Gasteiger partial charge in [-0.05, 0) is 55.5 Å². The number of hydrogen-bond donors (Lipinski definition) is 1. The molecule has 8 nitrogen and oxygen atoms in total. The molecule has 0 spiro atoms. The summed E-state index contributed by atoms with van der Waals surface area (Å²) in [5.74, 6) is 0.695. The number of nitrogens with zero attached hydrogens (tertiary/aromatic N) is 2. The average Bonchev–Trinajstić information content (AvgIpc) is 3.26. The molecule has 32 heavy (non-hydrogen) atoms. The van der Waals surface area contributed by atoms with Crippen LogP contribution < -0.4 is 10.1 Å². The van der Waals surface area contributed by atoms with Crippen molar-refractivity contribution in [2.75, 3.05) is 19.7 Å². The van der Waals surface area contributed by atoms with Crippen LogP contribution in [0.4, 0.5) is 5.69 Å². The Bertz CT molecular complexity index is 988. The van der Waals surface area contributed by atoms with E-state index in [0.29, 0.717) is 43.2 Å². The summed E-state index contributed by atoms with van der Waals surface area (Å²) in [6, 6.07) is 11.6. The molecular weight excluding hydrogens is 410 g/mol. The molecule has 1 fully saturated rings. The molecule has 170 valence electrons. The van der Waals surface area contributed by atoms with Crippen LogP contribution in [0.5, 0.6) is 5.75 Å². The SMILES string of the molecule is Cc1cc(C(=O)N2CCCC2C(=O)NCCOc2ccc(C(C)C)cc2)ccc1[N+](=O)[O-]. The first-order chi connectivity index (χ1) is 15.3. The van der Waals surface area contributed by atoms with Gasteiger partial charge in [0.25, 0.3) is 11.6 Å². The highest BCUT2D eigenvalue weighted by Gasteiger charge is 2.34. The molecule has 3 rings (SSSR count). The number of nitrogens with one attached hydrogen (secondary N) is 1. The number of amides is 2. The molecule has 1 aliphatic heterocycles. The zero-order valence-corrected chi connectivity index (χ0v) is 18.7. The summed E-state index contributed by atoms with van der Waals surface area (Å²) in [7, 11) is 0. The van der Waals surface area contributed by atoms with Crippen molar-refractivity contribution in [1.29, 1.82) is 0 Å². The minimum Gasteiger partial charge on any atom is -0.492 e. The first-order valence-electron chi connectivity index (χ1n) is 10.8. The van der Waals surface area contributed by atoms with Crippen LogP contribution in [0.25, 0.3) is 0 Å². The van der Waals surface area contributed by atoms with Crippen molar-refractivity contribution in [3.05, 3.63) is 69.3 Å². The molecule has 0 radical (unpaired) electrons. The second-order valence-electron chi connectivity index (χ2n) is 8.28. The minimum atomic E-state index is -0.552. The zero-order chi connectivity index (χ0) is 23.3. The number of ether oxygens (including phenoxy) is 1. The summed E-state index contributed by atoms with van der Waals surface area (Å²) in [6.45, 7) is 7.00. The van der Waals surface area contributed by atoms with Gasteiger partial charge in [-0.2, -0.15) is 0 Å². The van der Waals surface area contributed by atoms with Crippen LogP contribution in [0.1, 0.15) is 54.1 Å². The predicted octanol–water partition coefficient (Wildman–Crippen LogP) is 3.83. The lowest BCUT2D eigenvalue weighted by atomic mass is 10.0. The van der Waals surface area contributed by atoms with Crippen LogP contribution in [0.15, 0.2) is 42.5 Å². The van der Waals surface area contributed by atoms with Gasteiger partial charge in [0.1, 0.15) is 18.4 Å². The van der Waals surface area contributed by atoms with E-state index in [0.717, 1.165) is 12.2 Å². The lowest BCUT2D eigenvalue weighted by Gasteiger charge is -2.24. The summed E-state index contributed by atoms with van der Waals surface area (Å²) in [6.07, 6.45) is 1.32. The summed E-state index contributed by atoms with van der Waals surface area (Å²) in [5, 5.41) is 13.9. The minimum absolute atomic E-state index is 0.0314. The van der Waals surface area contributed by atoms with Crippen LogP contribution in [-0.2, 0) is 4.79 Å². The maximum Gasteiger partial charge on any atom is 0.272 e. The summed E-state index contributed by atoms with van der Waals surface area (Å²) in [5.41, 5.74) is 1.97. The van der Waals surface area contributed by atoms with E-state index in [4.69, 9.17) is 4.74 Å². The molecule has 0 aliphatic carbocycles. The average molecular weight is 440 g/mol. The molecule has 8 heteroatoms. The molecular formula is C24H29N3O5. The molecule has 0 saturated carbocycles. The first-order valence-corrected chi connectivity index (χ1v) is 10.8. The number of benzene rings is 2. The normalized spacial score (nSPS) is 15.6. The third-order valence-electron chi connectivity index (χ3n) is 5.67. The van der Waals surface area contributed by atoms with Crippen molar-refractivity contribution in [1.82, 2.24) is 10.2 Å². The van der Waals surface area contributed by atoms with E-state index in [1.54, 1.807) is 11.8 Å².